The first-order valence-corrected chi connectivity index (χ1v) is 9.78. The summed E-state index contributed by atoms with van der Waals surface area (Å²) in [5.74, 6) is -0.0451. The molecule has 1 amide bonds. The molecule has 0 spiro atoms. The number of hydrogen-bond acceptors (Lipinski definition) is 4. The summed E-state index contributed by atoms with van der Waals surface area (Å²) in [4.78, 5) is 12.0. The van der Waals surface area contributed by atoms with Crippen LogP contribution in [0.25, 0.3) is 0 Å². The molecule has 0 aliphatic carbocycles. The third kappa shape index (κ3) is 6.93. The Balaban J connectivity index is 0.00000338. The minimum atomic E-state index is -3.31. The van der Waals surface area contributed by atoms with Gasteiger partial charge >= 0.3 is 0 Å². The van der Waals surface area contributed by atoms with Gasteiger partial charge in [-0.25, -0.2) is 8.42 Å². The first kappa shape index (κ1) is 21.8. The van der Waals surface area contributed by atoms with E-state index in [1.807, 2.05) is 24.3 Å². The highest BCUT2D eigenvalue weighted by Gasteiger charge is 2.09. The summed E-state index contributed by atoms with van der Waals surface area (Å²) >= 11 is 0. The van der Waals surface area contributed by atoms with E-state index in [0.29, 0.717) is 36.3 Å². The third-order valence-corrected chi connectivity index (χ3v) is 5.08. The Morgan fingerprint density at radius 3 is 2.27 bits per heavy atom. The van der Waals surface area contributed by atoms with Crippen LogP contribution in [-0.2, 0) is 21.2 Å². The Labute approximate surface area is 160 Å². The molecule has 8 heteroatoms. The van der Waals surface area contributed by atoms with Crippen molar-refractivity contribution in [2.45, 2.75) is 26.2 Å². The van der Waals surface area contributed by atoms with Crippen molar-refractivity contribution in [1.82, 2.24) is 0 Å². The van der Waals surface area contributed by atoms with Gasteiger partial charge in [0.05, 0.1) is 5.75 Å². The van der Waals surface area contributed by atoms with Gasteiger partial charge in [0, 0.05) is 23.5 Å². The molecule has 0 atom stereocenters. The van der Waals surface area contributed by atoms with Crippen LogP contribution in [-0.4, -0.2) is 20.1 Å². The Morgan fingerprint density at radius 1 is 1.04 bits per heavy atom. The van der Waals surface area contributed by atoms with Gasteiger partial charge in [0.2, 0.25) is 15.9 Å². The number of rotatable bonds is 8. The molecule has 6 nitrogen and oxygen atoms in total. The minimum absolute atomic E-state index is 0. The van der Waals surface area contributed by atoms with Gasteiger partial charge in [0.25, 0.3) is 0 Å². The van der Waals surface area contributed by atoms with Gasteiger partial charge in [-0.15, -0.1) is 12.4 Å². The molecule has 0 aliphatic rings. The first-order valence-electron chi connectivity index (χ1n) is 8.13. The quantitative estimate of drug-likeness (QED) is 0.594. The summed E-state index contributed by atoms with van der Waals surface area (Å²) in [7, 11) is -3.31. The zero-order valence-corrected chi connectivity index (χ0v) is 16.2. The van der Waals surface area contributed by atoms with E-state index in [4.69, 9.17) is 5.73 Å². The standard InChI is InChI=1S/C18H23N3O3S.ClH/c1-2-13-25(23,24)21-16-10-8-15(9-11-16)20-18(22)12-7-14-5-3-4-6-17(14)19;/h3-6,8-11,21H,2,7,12-13,19H2,1H3,(H,20,22);1H. The van der Waals surface area contributed by atoms with E-state index in [1.54, 1.807) is 31.2 Å². The summed E-state index contributed by atoms with van der Waals surface area (Å²) in [6, 6.07) is 14.0. The Bertz CT molecular complexity index is 824. The number of para-hydroxylation sites is 1. The molecular weight excluding hydrogens is 374 g/mol. The summed E-state index contributed by atoms with van der Waals surface area (Å²) < 4.78 is 25.9. The number of nitrogens with two attached hydrogens (primary N) is 1. The lowest BCUT2D eigenvalue weighted by molar-refractivity contribution is -0.116. The summed E-state index contributed by atoms with van der Waals surface area (Å²) in [5.41, 5.74) is 8.57. The molecule has 0 fully saturated rings. The molecule has 2 aromatic carbocycles. The van der Waals surface area contributed by atoms with Crippen molar-refractivity contribution in [3.05, 3.63) is 54.1 Å². The molecule has 0 saturated carbocycles. The summed E-state index contributed by atoms with van der Waals surface area (Å²) in [6.45, 7) is 1.81. The van der Waals surface area contributed by atoms with Crippen LogP contribution < -0.4 is 15.8 Å². The lowest BCUT2D eigenvalue weighted by Crippen LogP contribution is -2.16. The van der Waals surface area contributed by atoms with Crippen molar-refractivity contribution in [2.24, 2.45) is 0 Å². The van der Waals surface area contributed by atoms with Crippen LogP contribution in [0.5, 0.6) is 0 Å². The van der Waals surface area contributed by atoms with Crippen molar-refractivity contribution in [1.29, 1.82) is 0 Å². The van der Waals surface area contributed by atoms with E-state index < -0.39 is 10.0 Å². The highest BCUT2D eigenvalue weighted by atomic mass is 35.5. The van der Waals surface area contributed by atoms with Crippen LogP contribution in [0, 0.1) is 0 Å². The largest absolute Gasteiger partial charge is 0.399 e. The van der Waals surface area contributed by atoms with E-state index in [1.165, 1.54) is 0 Å². The molecule has 2 aromatic rings. The van der Waals surface area contributed by atoms with Gasteiger partial charge in [-0.3, -0.25) is 9.52 Å². The number of benzene rings is 2. The molecule has 2 rings (SSSR count). The Hall–Kier alpha value is -2.25. The molecule has 0 saturated heterocycles. The second-order valence-electron chi connectivity index (χ2n) is 5.75. The minimum Gasteiger partial charge on any atom is -0.399 e. The molecule has 0 aliphatic heterocycles. The number of nitrogen functional groups attached to an aromatic ring is 1. The van der Waals surface area contributed by atoms with Gasteiger partial charge in [-0.2, -0.15) is 0 Å². The van der Waals surface area contributed by atoms with Crippen molar-refractivity contribution < 1.29 is 13.2 Å². The van der Waals surface area contributed by atoms with E-state index in [2.05, 4.69) is 10.0 Å². The second-order valence-corrected chi connectivity index (χ2v) is 7.59. The lowest BCUT2D eigenvalue weighted by Gasteiger charge is -2.09. The zero-order valence-electron chi connectivity index (χ0n) is 14.6. The number of anilines is 3. The van der Waals surface area contributed by atoms with Crippen LogP contribution in [0.15, 0.2) is 48.5 Å². The number of amides is 1. The van der Waals surface area contributed by atoms with Crippen LogP contribution in [0.1, 0.15) is 25.3 Å². The van der Waals surface area contributed by atoms with Gasteiger partial charge < -0.3 is 11.1 Å². The smallest absolute Gasteiger partial charge is 0.232 e. The Kier molecular flexibility index (Phi) is 8.41. The molecule has 0 heterocycles. The highest BCUT2D eigenvalue weighted by Crippen LogP contribution is 2.17. The number of carbonyl (C=O) groups excluding carboxylic acids is 1. The normalized spacial score (nSPS) is 10.7. The van der Waals surface area contributed by atoms with Crippen molar-refractivity contribution >= 4 is 45.4 Å². The maximum absolute atomic E-state index is 12.0. The monoisotopic (exact) mass is 397 g/mol. The average Bonchev–Trinajstić information content (AvgIpc) is 2.55. The third-order valence-electron chi connectivity index (χ3n) is 3.59. The molecule has 4 N–H and O–H groups in total. The van der Waals surface area contributed by atoms with E-state index >= 15 is 0 Å². The molecule has 0 unspecified atom stereocenters. The van der Waals surface area contributed by atoms with Crippen molar-refractivity contribution in [2.75, 3.05) is 21.5 Å². The van der Waals surface area contributed by atoms with Crippen LogP contribution in [0.2, 0.25) is 0 Å². The topological polar surface area (TPSA) is 101 Å². The SMILES string of the molecule is CCCS(=O)(=O)Nc1ccc(NC(=O)CCc2ccccc2N)cc1.Cl. The van der Waals surface area contributed by atoms with Crippen LogP contribution in [0.4, 0.5) is 17.1 Å². The number of hydrogen-bond donors (Lipinski definition) is 3. The van der Waals surface area contributed by atoms with E-state index in [0.717, 1.165) is 5.56 Å². The number of nitrogens with one attached hydrogen (secondary N) is 2. The lowest BCUT2D eigenvalue weighted by atomic mass is 10.1. The highest BCUT2D eigenvalue weighted by molar-refractivity contribution is 7.92. The number of carbonyl (C=O) groups is 1. The van der Waals surface area contributed by atoms with E-state index in [9.17, 15) is 13.2 Å². The fraction of sp³-hybridized carbons (Fsp3) is 0.278. The predicted octanol–water partition coefficient (Wildman–Crippen LogP) is 3.41. The van der Waals surface area contributed by atoms with Gasteiger partial charge in [-0.1, -0.05) is 25.1 Å². The Morgan fingerprint density at radius 2 is 1.65 bits per heavy atom. The van der Waals surface area contributed by atoms with Gasteiger partial charge in [-0.05, 0) is 48.7 Å². The molecule has 0 radical (unpaired) electrons. The van der Waals surface area contributed by atoms with Crippen LogP contribution in [0.3, 0.4) is 0 Å². The molecule has 142 valence electrons. The molecule has 26 heavy (non-hydrogen) atoms. The molecule has 0 bridgehead atoms. The van der Waals surface area contributed by atoms with Crippen molar-refractivity contribution in [3.8, 4) is 0 Å². The maximum Gasteiger partial charge on any atom is 0.232 e. The fourth-order valence-electron chi connectivity index (χ4n) is 2.35. The summed E-state index contributed by atoms with van der Waals surface area (Å²) in [6.07, 6.45) is 1.43. The number of aryl methyl sites for hydroxylation is 1. The second kappa shape index (κ2) is 10.0. The van der Waals surface area contributed by atoms with Crippen LogP contribution >= 0.6 is 12.4 Å². The van der Waals surface area contributed by atoms with Crippen molar-refractivity contribution in [3.63, 3.8) is 0 Å². The predicted molar refractivity (Wildman–Crippen MR) is 109 cm³/mol. The maximum atomic E-state index is 12.0. The van der Waals surface area contributed by atoms with Gasteiger partial charge in [0.15, 0.2) is 0 Å². The average molecular weight is 398 g/mol. The van der Waals surface area contributed by atoms with E-state index in [-0.39, 0.29) is 24.1 Å². The molecular formula is C18H24ClN3O3S. The fourth-order valence-corrected chi connectivity index (χ4v) is 3.49. The zero-order chi connectivity index (χ0) is 18.3. The molecule has 0 aromatic heterocycles. The number of halogens is 1. The summed E-state index contributed by atoms with van der Waals surface area (Å²) in [5, 5.41) is 2.79. The first-order chi connectivity index (χ1) is 11.9. The van der Waals surface area contributed by atoms with Gasteiger partial charge in [0.1, 0.15) is 0 Å². The number of sulfonamides is 1.